The number of hydrogen-bond acceptors (Lipinski definition) is 2. The van der Waals surface area contributed by atoms with E-state index in [-0.39, 0.29) is 28.4 Å². The second-order valence-corrected chi connectivity index (χ2v) is 14.9. The average Bonchev–Trinajstić information content (AvgIpc) is 2.97. The van der Waals surface area contributed by atoms with Crippen LogP contribution in [0.5, 0.6) is 0 Å². The lowest BCUT2D eigenvalue weighted by molar-refractivity contribution is -0.136. The minimum absolute atomic E-state index is 0.0528. The van der Waals surface area contributed by atoms with Crippen molar-refractivity contribution in [2.24, 2.45) is 5.92 Å². The van der Waals surface area contributed by atoms with E-state index in [9.17, 15) is 4.79 Å². The molecule has 162 valence electrons. The Morgan fingerprint density at radius 2 is 1.37 bits per heavy atom. The van der Waals surface area contributed by atoms with E-state index in [0.717, 1.165) is 6.42 Å². The molecular weight excluding hydrogens is 386 g/mol. The zero-order valence-electron chi connectivity index (χ0n) is 19.6. The van der Waals surface area contributed by atoms with E-state index in [1.54, 1.807) is 0 Å². The van der Waals surface area contributed by atoms with E-state index >= 15 is 0 Å². The summed E-state index contributed by atoms with van der Waals surface area (Å²) >= 11 is 0. The second-order valence-electron chi connectivity index (χ2n) is 10.6. The Morgan fingerprint density at radius 1 is 0.900 bits per heavy atom. The predicted molar refractivity (Wildman–Crippen MR) is 128 cm³/mol. The first-order chi connectivity index (χ1) is 14.0. The lowest BCUT2D eigenvalue weighted by Gasteiger charge is -2.45. The number of carbonyl (C=O) groups excluding carboxylic acids is 1. The summed E-state index contributed by atoms with van der Waals surface area (Å²) in [6, 6.07) is 21.5. The van der Waals surface area contributed by atoms with Crippen LogP contribution in [0.15, 0.2) is 60.7 Å². The van der Waals surface area contributed by atoms with Crippen LogP contribution in [0.25, 0.3) is 0 Å². The fraction of sp³-hybridized carbons (Fsp3) is 0.500. The van der Waals surface area contributed by atoms with Gasteiger partial charge in [-0.2, -0.15) is 0 Å². The topological polar surface area (TPSA) is 29.5 Å². The van der Waals surface area contributed by atoms with Gasteiger partial charge in [0.15, 0.2) is 0 Å². The van der Waals surface area contributed by atoms with Gasteiger partial charge >= 0.3 is 0 Å². The Morgan fingerprint density at radius 3 is 1.77 bits per heavy atom. The molecule has 0 N–H and O–H groups in total. The minimum Gasteiger partial charge on any atom is -0.405 e. The Kier molecular flexibility index (Phi) is 6.31. The summed E-state index contributed by atoms with van der Waals surface area (Å²) in [5.74, 6) is 0.301. The number of carbonyl (C=O) groups is 1. The molecular formula is C26H37NO2Si. The first-order valence-electron chi connectivity index (χ1n) is 11.1. The van der Waals surface area contributed by atoms with Crippen LogP contribution in [0.4, 0.5) is 0 Å². The fourth-order valence-corrected chi connectivity index (χ4v) is 9.63. The Balaban J connectivity index is 2.05. The van der Waals surface area contributed by atoms with Gasteiger partial charge in [0.1, 0.15) is 0 Å². The van der Waals surface area contributed by atoms with Crippen molar-refractivity contribution in [3.8, 4) is 0 Å². The number of hydrogen-bond donors (Lipinski definition) is 0. The SMILES string of the molecule is CC1C[C@@H](CO[Si](c2ccccc2)(c2ccccc2)C(C)(C)C)N(C(C)(C)C)C1=O. The minimum atomic E-state index is -2.59. The van der Waals surface area contributed by atoms with Crippen LogP contribution in [0, 0.1) is 5.92 Å². The van der Waals surface area contributed by atoms with Crippen molar-refractivity contribution in [3.05, 3.63) is 60.7 Å². The van der Waals surface area contributed by atoms with Gasteiger partial charge in [-0.3, -0.25) is 4.79 Å². The largest absolute Gasteiger partial charge is 0.405 e. The predicted octanol–water partition coefficient (Wildman–Crippen LogP) is 4.60. The van der Waals surface area contributed by atoms with Crippen molar-refractivity contribution >= 4 is 24.6 Å². The molecule has 1 fully saturated rings. The number of rotatable bonds is 5. The maximum Gasteiger partial charge on any atom is 0.261 e. The molecule has 0 aromatic heterocycles. The first kappa shape index (κ1) is 22.8. The maximum absolute atomic E-state index is 12.9. The number of nitrogens with zero attached hydrogens (tertiary/aromatic N) is 1. The molecule has 0 radical (unpaired) electrons. The highest BCUT2D eigenvalue weighted by Crippen LogP contribution is 2.38. The normalized spacial score (nSPS) is 20.6. The molecule has 0 bridgehead atoms. The molecule has 1 unspecified atom stereocenters. The summed E-state index contributed by atoms with van der Waals surface area (Å²) in [5.41, 5.74) is -0.207. The molecule has 2 atom stereocenters. The summed E-state index contributed by atoms with van der Waals surface area (Å²) in [6.45, 7) is 15.9. The van der Waals surface area contributed by atoms with Crippen LogP contribution >= 0.6 is 0 Å². The van der Waals surface area contributed by atoms with Crippen LogP contribution in [-0.2, 0) is 9.22 Å². The molecule has 2 aromatic carbocycles. The molecule has 1 amide bonds. The molecule has 2 aromatic rings. The lowest BCUT2D eigenvalue weighted by atomic mass is 10.0. The maximum atomic E-state index is 12.9. The van der Waals surface area contributed by atoms with Gasteiger partial charge in [-0.15, -0.1) is 0 Å². The van der Waals surface area contributed by atoms with Crippen LogP contribution in [-0.4, -0.2) is 37.3 Å². The smallest absolute Gasteiger partial charge is 0.261 e. The molecule has 1 saturated heterocycles. The van der Waals surface area contributed by atoms with Gasteiger partial charge in [0, 0.05) is 11.5 Å². The summed E-state index contributed by atoms with van der Waals surface area (Å²) in [4.78, 5) is 15.0. The van der Waals surface area contributed by atoms with Gasteiger partial charge in [-0.1, -0.05) is 88.4 Å². The highest BCUT2D eigenvalue weighted by molar-refractivity contribution is 6.99. The Hall–Kier alpha value is -1.91. The van der Waals surface area contributed by atoms with Crippen LogP contribution in [0.3, 0.4) is 0 Å². The third-order valence-electron chi connectivity index (χ3n) is 6.28. The summed E-state index contributed by atoms with van der Waals surface area (Å²) in [5, 5.41) is 2.50. The van der Waals surface area contributed by atoms with Crippen LogP contribution < -0.4 is 10.4 Å². The van der Waals surface area contributed by atoms with Gasteiger partial charge in [0.25, 0.3) is 8.32 Å². The van der Waals surface area contributed by atoms with Gasteiger partial charge < -0.3 is 9.33 Å². The zero-order chi connectivity index (χ0) is 22.2. The van der Waals surface area contributed by atoms with Gasteiger partial charge in [0.05, 0.1) is 12.6 Å². The van der Waals surface area contributed by atoms with Crippen molar-refractivity contribution in [1.29, 1.82) is 0 Å². The van der Waals surface area contributed by atoms with Crippen molar-refractivity contribution in [3.63, 3.8) is 0 Å². The summed E-state index contributed by atoms with van der Waals surface area (Å²) in [7, 11) is -2.59. The van der Waals surface area contributed by atoms with E-state index in [1.807, 2.05) is 6.92 Å². The number of amides is 1. The summed E-state index contributed by atoms with van der Waals surface area (Å²) < 4.78 is 7.12. The Bertz CT molecular complexity index is 813. The summed E-state index contributed by atoms with van der Waals surface area (Å²) in [6.07, 6.45) is 0.855. The number of likely N-dealkylation sites (tertiary alicyclic amines) is 1. The van der Waals surface area contributed by atoms with E-state index in [0.29, 0.717) is 6.61 Å². The van der Waals surface area contributed by atoms with Crippen molar-refractivity contribution in [1.82, 2.24) is 4.90 Å². The quantitative estimate of drug-likeness (QED) is 0.658. The van der Waals surface area contributed by atoms with E-state index in [1.165, 1.54) is 10.4 Å². The molecule has 1 heterocycles. The zero-order valence-corrected chi connectivity index (χ0v) is 20.6. The van der Waals surface area contributed by atoms with Crippen molar-refractivity contribution < 1.29 is 9.22 Å². The molecule has 30 heavy (non-hydrogen) atoms. The average molecular weight is 424 g/mol. The second kappa shape index (κ2) is 8.31. The van der Waals surface area contributed by atoms with Crippen molar-refractivity contribution in [2.45, 2.75) is 71.5 Å². The number of benzene rings is 2. The molecule has 0 aliphatic carbocycles. The van der Waals surface area contributed by atoms with Gasteiger partial charge in [-0.25, -0.2) is 0 Å². The monoisotopic (exact) mass is 423 g/mol. The van der Waals surface area contributed by atoms with Crippen LogP contribution in [0.1, 0.15) is 54.9 Å². The van der Waals surface area contributed by atoms with Crippen LogP contribution in [0.2, 0.25) is 5.04 Å². The molecule has 3 rings (SSSR count). The fourth-order valence-electron chi connectivity index (χ4n) is 5.04. The third kappa shape index (κ3) is 4.13. The molecule has 3 nitrogen and oxygen atoms in total. The third-order valence-corrected chi connectivity index (χ3v) is 11.3. The lowest BCUT2D eigenvalue weighted by Crippen LogP contribution is -2.67. The molecule has 0 spiro atoms. The van der Waals surface area contributed by atoms with Gasteiger partial charge in [0.2, 0.25) is 5.91 Å². The van der Waals surface area contributed by atoms with E-state index in [2.05, 4.69) is 107 Å². The van der Waals surface area contributed by atoms with Gasteiger partial charge in [-0.05, 0) is 42.6 Å². The molecule has 1 aliphatic heterocycles. The van der Waals surface area contributed by atoms with Crippen molar-refractivity contribution in [2.75, 3.05) is 6.61 Å². The molecule has 4 heteroatoms. The van der Waals surface area contributed by atoms with E-state index < -0.39 is 8.32 Å². The standard InChI is InChI=1S/C26H37NO2Si/c1-20-18-21(27(24(20)28)25(2,3)4)19-29-30(26(5,6)7,22-14-10-8-11-15-22)23-16-12-9-13-17-23/h8-17,20-21H,18-19H2,1-7H3/t20?,21-/m0/s1. The first-order valence-corrected chi connectivity index (χ1v) is 13.0. The highest BCUT2D eigenvalue weighted by Gasteiger charge is 2.51. The molecule has 1 aliphatic rings. The van der Waals surface area contributed by atoms with E-state index in [4.69, 9.17) is 4.43 Å². The molecule has 0 saturated carbocycles. The Labute approximate surface area is 183 Å². The highest BCUT2D eigenvalue weighted by atomic mass is 28.4.